The highest BCUT2D eigenvalue weighted by atomic mass is 32.1. The van der Waals surface area contributed by atoms with E-state index in [-0.39, 0.29) is 11.5 Å². The van der Waals surface area contributed by atoms with Crippen molar-refractivity contribution < 1.29 is 18.8 Å². The molecule has 2 N–H and O–H groups in total. The quantitative estimate of drug-likeness (QED) is 0.458. The minimum absolute atomic E-state index is 0.102. The minimum atomic E-state index is -0.665. The minimum Gasteiger partial charge on any atom is -0.303 e. The molecular formula is C22H17FN4O3S. The lowest BCUT2D eigenvalue weighted by Gasteiger charge is -2.10. The predicted octanol–water partition coefficient (Wildman–Crippen LogP) is 3.40. The van der Waals surface area contributed by atoms with E-state index in [1.807, 2.05) is 18.2 Å². The van der Waals surface area contributed by atoms with E-state index >= 15 is 0 Å². The molecule has 0 spiro atoms. The van der Waals surface area contributed by atoms with Gasteiger partial charge in [-0.15, -0.1) is 11.3 Å². The van der Waals surface area contributed by atoms with Crippen LogP contribution in [0.1, 0.15) is 16.0 Å². The number of anilines is 1. The highest BCUT2D eigenvalue weighted by Gasteiger charge is 2.35. The molecular weight excluding hydrogens is 419 g/mol. The van der Waals surface area contributed by atoms with Crippen molar-refractivity contribution in [2.24, 2.45) is 0 Å². The molecule has 2 heterocycles. The molecule has 0 aliphatic carbocycles. The van der Waals surface area contributed by atoms with Gasteiger partial charge in [0, 0.05) is 17.5 Å². The third kappa shape index (κ3) is 4.84. The monoisotopic (exact) mass is 436 g/mol. The van der Waals surface area contributed by atoms with E-state index in [9.17, 15) is 18.8 Å². The van der Waals surface area contributed by atoms with Crippen LogP contribution >= 0.6 is 11.3 Å². The van der Waals surface area contributed by atoms with Crippen LogP contribution in [0.3, 0.4) is 0 Å². The molecule has 0 atom stereocenters. The van der Waals surface area contributed by atoms with Crippen LogP contribution in [0.15, 0.2) is 66.5 Å². The summed E-state index contributed by atoms with van der Waals surface area (Å²) in [5, 5.41) is 5.36. The Labute approximate surface area is 181 Å². The number of rotatable bonds is 6. The van der Waals surface area contributed by atoms with Crippen molar-refractivity contribution in [3.63, 3.8) is 0 Å². The second-order valence-electron chi connectivity index (χ2n) is 6.74. The van der Waals surface area contributed by atoms with Crippen LogP contribution in [-0.4, -0.2) is 34.3 Å². The average molecular weight is 436 g/mol. The first kappa shape index (κ1) is 20.4. The molecule has 1 fully saturated rings. The Balaban J connectivity index is 1.37. The molecule has 1 aliphatic rings. The molecule has 0 radical (unpaired) electrons. The van der Waals surface area contributed by atoms with Gasteiger partial charge in [0.25, 0.3) is 5.91 Å². The number of halogens is 1. The number of hydrogen-bond acceptors (Lipinski definition) is 5. The third-order valence-electron chi connectivity index (χ3n) is 4.50. The fraction of sp³-hybridized carbons (Fsp3) is 0.0909. The van der Waals surface area contributed by atoms with Crippen LogP contribution in [0.2, 0.25) is 0 Å². The molecule has 0 unspecified atom stereocenters. The summed E-state index contributed by atoms with van der Waals surface area (Å²) >= 11 is 1.20. The topological polar surface area (TPSA) is 91.4 Å². The van der Waals surface area contributed by atoms with Crippen molar-refractivity contribution in [1.29, 1.82) is 0 Å². The molecule has 0 saturated carbocycles. The SMILES string of the molecule is O=C(CN1C(=O)N/C(=C\c2ccccc2)C1=O)Nc1ncc(Cc2ccccc2F)s1. The molecule has 9 heteroatoms. The van der Waals surface area contributed by atoms with Crippen molar-refractivity contribution in [2.75, 3.05) is 11.9 Å². The molecule has 4 rings (SSSR count). The van der Waals surface area contributed by atoms with Gasteiger partial charge in [0.2, 0.25) is 5.91 Å². The molecule has 4 amide bonds. The van der Waals surface area contributed by atoms with Crippen LogP contribution in [0.25, 0.3) is 6.08 Å². The van der Waals surface area contributed by atoms with Gasteiger partial charge < -0.3 is 10.6 Å². The number of amides is 4. The van der Waals surface area contributed by atoms with Crippen LogP contribution in [0.5, 0.6) is 0 Å². The Morgan fingerprint density at radius 1 is 1.13 bits per heavy atom. The summed E-state index contributed by atoms with van der Waals surface area (Å²) < 4.78 is 13.8. The maximum Gasteiger partial charge on any atom is 0.329 e. The molecule has 7 nitrogen and oxygen atoms in total. The van der Waals surface area contributed by atoms with E-state index in [2.05, 4.69) is 15.6 Å². The summed E-state index contributed by atoms with van der Waals surface area (Å²) in [6.45, 7) is -0.445. The number of nitrogens with zero attached hydrogens (tertiary/aromatic N) is 2. The number of imide groups is 1. The smallest absolute Gasteiger partial charge is 0.303 e. The van der Waals surface area contributed by atoms with E-state index in [1.54, 1.807) is 42.6 Å². The largest absolute Gasteiger partial charge is 0.329 e. The first-order chi connectivity index (χ1) is 15.0. The van der Waals surface area contributed by atoms with Crippen molar-refractivity contribution in [2.45, 2.75) is 6.42 Å². The zero-order valence-corrected chi connectivity index (χ0v) is 17.0. The van der Waals surface area contributed by atoms with Crippen molar-refractivity contribution in [3.8, 4) is 0 Å². The zero-order valence-electron chi connectivity index (χ0n) is 16.2. The lowest BCUT2D eigenvalue weighted by atomic mass is 10.1. The van der Waals surface area contributed by atoms with Crippen LogP contribution in [-0.2, 0) is 16.0 Å². The number of thiazole rings is 1. The first-order valence-electron chi connectivity index (χ1n) is 9.37. The normalized spacial score (nSPS) is 14.7. The summed E-state index contributed by atoms with van der Waals surface area (Å²) in [6, 6.07) is 14.8. The van der Waals surface area contributed by atoms with Crippen molar-refractivity contribution in [3.05, 3.63) is 88.3 Å². The standard InChI is InChI=1S/C22H17FN4O3S/c23-17-9-5-4-8-15(17)11-16-12-24-21(31-16)26-19(28)13-27-20(29)18(25-22(27)30)10-14-6-2-1-3-7-14/h1-10,12H,11,13H2,(H,25,30)(H,24,26,28)/b18-10-. The summed E-state index contributed by atoms with van der Waals surface area (Å²) in [5.74, 6) is -1.45. The van der Waals surface area contributed by atoms with Gasteiger partial charge in [-0.25, -0.2) is 19.1 Å². The highest BCUT2D eigenvalue weighted by molar-refractivity contribution is 7.15. The van der Waals surface area contributed by atoms with Gasteiger partial charge in [0.15, 0.2) is 5.13 Å². The number of hydrogen-bond donors (Lipinski definition) is 2. The second kappa shape index (κ2) is 8.88. The Morgan fingerprint density at radius 2 is 1.87 bits per heavy atom. The van der Waals surface area contributed by atoms with E-state index in [0.29, 0.717) is 17.1 Å². The van der Waals surface area contributed by atoms with E-state index in [0.717, 1.165) is 15.3 Å². The van der Waals surface area contributed by atoms with Gasteiger partial charge >= 0.3 is 6.03 Å². The number of carbonyl (C=O) groups is 3. The maximum absolute atomic E-state index is 13.8. The average Bonchev–Trinajstić information content (AvgIpc) is 3.29. The van der Waals surface area contributed by atoms with E-state index in [4.69, 9.17) is 0 Å². The lowest BCUT2D eigenvalue weighted by Crippen LogP contribution is -2.38. The van der Waals surface area contributed by atoms with Crippen molar-refractivity contribution in [1.82, 2.24) is 15.2 Å². The molecule has 1 aromatic heterocycles. The number of urea groups is 1. The Bertz CT molecular complexity index is 1180. The number of nitrogens with one attached hydrogen (secondary N) is 2. The fourth-order valence-electron chi connectivity index (χ4n) is 3.01. The van der Waals surface area contributed by atoms with E-state index in [1.165, 1.54) is 17.4 Å². The second-order valence-corrected chi connectivity index (χ2v) is 7.85. The molecule has 2 aromatic carbocycles. The third-order valence-corrected chi connectivity index (χ3v) is 5.41. The fourth-order valence-corrected chi connectivity index (χ4v) is 3.86. The van der Waals surface area contributed by atoms with Gasteiger partial charge in [-0.1, -0.05) is 48.5 Å². The highest BCUT2D eigenvalue weighted by Crippen LogP contribution is 2.22. The summed E-state index contributed by atoms with van der Waals surface area (Å²) in [4.78, 5) is 42.7. The number of benzene rings is 2. The molecule has 31 heavy (non-hydrogen) atoms. The van der Waals surface area contributed by atoms with Crippen LogP contribution in [0.4, 0.5) is 14.3 Å². The van der Waals surface area contributed by atoms with Gasteiger partial charge in [-0.2, -0.15) is 0 Å². The number of aromatic nitrogens is 1. The van der Waals surface area contributed by atoms with Crippen molar-refractivity contribution >= 4 is 40.4 Å². The summed E-state index contributed by atoms with van der Waals surface area (Å²) in [7, 11) is 0. The first-order valence-corrected chi connectivity index (χ1v) is 10.2. The molecule has 1 saturated heterocycles. The van der Waals surface area contributed by atoms with Gasteiger partial charge in [0.1, 0.15) is 18.1 Å². The molecule has 156 valence electrons. The maximum atomic E-state index is 13.8. The Morgan fingerprint density at radius 3 is 2.65 bits per heavy atom. The zero-order chi connectivity index (χ0) is 21.8. The van der Waals surface area contributed by atoms with E-state index < -0.39 is 24.4 Å². The lowest BCUT2D eigenvalue weighted by molar-refractivity contribution is -0.127. The molecule has 0 bridgehead atoms. The Kier molecular flexibility index (Phi) is 5.85. The Hall–Kier alpha value is -3.85. The van der Waals surface area contributed by atoms with Gasteiger partial charge in [0.05, 0.1) is 0 Å². The van der Waals surface area contributed by atoms with Gasteiger partial charge in [-0.05, 0) is 23.3 Å². The van der Waals surface area contributed by atoms with Gasteiger partial charge in [-0.3, -0.25) is 9.59 Å². The van der Waals surface area contributed by atoms with Crippen LogP contribution in [0, 0.1) is 5.82 Å². The summed E-state index contributed by atoms with van der Waals surface area (Å²) in [6.07, 6.45) is 3.45. The predicted molar refractivity (Wildman–Crippen MR) is 115 cm³/mol. The molecule has 3 aromatic rings. The molecule has 1 aliphatic heterocycles. The summed E-state index contributed by atoms with van der Waals surface area (Å²) in [5.41, 5.74) is 1.38. The van der Waals surface area contributed by atoms with Crippen LogP contribution < -0.4 is 10.6 Å². The number of carbonyl (C=O) groups excluding carboxylic acids is 3.